The van der Waals surface area contributed by atoms with Crippen LogP contribution < -0.4 is 5.73 Å². The number of hydrogen-bond donors (Lipinski definition) is 2. The Balaban J connectivity index is 2.65. The Morgan fingerprint density at radius 1 is 1.26 bits per heavy atom. The maximum absolute atomic E-state index is 13.5. The minimum Gasteiger partial charge on any atom is -0.465 e. The fraction of sp³-hybridized carbons (Fsp3) is 0.214. The Morgan fingerprint density at radius 2 is 1.87 bits per heavy atom. The van der Waals surface area contributed by atoms with Crippen LogP contribution >= 0.6 is 0 Å². The zero-order valence-corrected chi connectivity index (χ0v) is 11.8. The number of anilines is 1. The van der Waals surface area contributed by atoms with Crippen molar-refractivity contribution in [1.82, 2.24) is 10.2 Å². The molecule has 2 rings (SSSR count). The van der Waals surface area contributed by atoms with Crippen LogP contribution in [0.1, 0.15) is 21.6 Å². The molecule has 0 aliphatic rings. The van der Waals surface area contributed by atoms with Gasteiger partial charge in [-0.2, -0.15) is 23.4 Å². The number of carbonyl (C=O) groups is 1. The van der Waals surface area contributed by atoms with Crippen LogP contribution in [-0.4, -0.2) is 34.6 Å². The molecule has 1 unspecified atom stereocenters. The first kappa shape index (κ1) is 16.7. The highest BCUT2D eigenvalue weighted by Gasteiger charge is 2.57. The van der Waals surface area contributed by atoms with Gasteiger partial charge in [-0.3, -0.25) is 0 Å². The molecule has 1 heterocycles. The van der Waals surface area contributed by atoms with E-state index in [9.17, 15) is 23.1 Å². The molecule has 1 aromatic heterocycles. The van der Waals surface area contributed by atoms with Gasteiger partial charge in [-0.05, 0) is 23.8 Å². The predicted octanol–water partition coefficient (Wildman–Crippen LogP) is 1.64. The van der Waals surface area contributed by atoms with Crippen LogP contribution in [0.5, 0.6) is 0 Å². The number of methoxy groups -OCH3 is 1. The number of nitrogen functional groups attached to an aromatic ring is 1. The fourth-order valence-corrected chi connectivity index (χ4v) is 1.95. The van der Waals surface area contributed by atoms with Gasteiger partial charge in [-0.15, -0.1) is 0 Å². The quantitative estimate of drug-likeness (QED) is 0.657. The first-order valence-electron chi connectivity index (χ1n) is 6.26. The number of esters is 1. The van der Waals surface area contributed by atoms with Crippen molar-refractivity contribution in [2.75, 3.05) is 12.8 Å². The van der Waals surface area contributed by atoms with Crippen molar-refractivity contribution in [3.05, 3.63) is 53.3 Å². The molecule has 23 heavy (non-hydrogen) atoms. The molecule has 9 heteroatoms. The normalized spacial score (nSPS) is 14.1. The smallest absolute Gasteiger partial charge is 0.427 e. The highest BCUT2D eigenvalue weighted by molar-refractivity contribution is 5.89. The molecule has 0 fully saturated rings. The molecule has 0 aliphatic heterocycles. The first-order chi connectivity index (χ1) is 10.7. The van der Waals surface area contributed by atoms with E-state index in [-0.39, 0.29) is 11.3 Å². The number of hydrogen-bond acceptors (Lipinski definition) is 6. The van der Waals surface area contributed by atoms with Gasteiger partial charge in [0.2, 0.25) is 5.60 Å². The van der Waals surface area contributed by atoms with Gasteiger partial charge in [0.25, 0.3) is 0 Å². The van der Waals surface area contributed by atoms with Crippen molar-refractivity contribution < 1.29 is 27.8 Å². The highest BCUT2D eigenvalue weighted by Crippen LogP contribution is 2.43. The van der Waals surface area contributed by atoms with E-state index >= 15 is 0 Å². The largest absolute Gasteiger partial charge is 0.465 e. The molecule has 0 radical (unpaired) electrons. The van der Waals surface area contributed by atoms with E-state index in [0.717, 1.165) is 31.5 Å². The van der Waals surface area contributed by atoms with Gasteiger partial charge >= 0.3 is 12.1 Å². The number of rotatable bonds is 3. The second kappa shape index (κ2) is 5.84. The van der Waals surface area contributed by atoms with Crippen molar-refractivity contribution in [3.8, 4) is 0 Å². The number of aromatic nitrogens is 2. The van der Waals surface area contributed by atoms with Crippen molar-refractivity contribution in [1.29, 1.82) is 0 Å². The molecule has 1 aromatic carbocycles. The third-order valence-corrected chi connectivity index (χ3v) is 3.19. The number of nitrogens with zero attached hydrogens (tertiary/aromatic N) is 2. The summed E-state index contributed by atoms with van der Waals surface area (Å²) in [6.07, 6.45) is -4.17. The summed E-state index contributed by atoms with van der Waals surface area (Å²) in [4.78, 5) is 11.5. The average molecular weight is 327 g/mol. The zero-order chi connectivity index (χ0) is 17.3. The van der Waals surface area contributed by atoms with E-state index in [1.807, 2.05) is 0 Å². The van der Waals surface area contributed by atoms with Gasteiger partial charge in [0, 0.05) is 5.69 Å². The van der Waals surface area contributed by atoms with Gasteiger partial charge in [-0.1, -0.05) is 12.1 Å². The van der Waals surface area contributed by atoms with Crippen LogP contribution in [0.4, 0.5) is 18.9 Å². The molecule has 3 N–H and O–H groups in total. The minimum atomic E-state index is -5.10. The number of benzene rings is 1. The Bertz CT molecular complexity index is 719. The van der Waals surface area contributed by atoms with Crippen molar-refractivity contribution in [2.45, 2.75) is 11.8 Å². The lowest BCUT2D eigenvalue weighted by Gasteiger charge is -2.30. The van der Waals surface area contributed by atoms with Crippen LogP contribution in [0.25, 0.3) is 0 Å². The Hall–Kier alpha value is -2.68. The molecule has 2 aromatic rings. The molecule has 0 saturated carbocycles. The third kappa shape index (κ3) is 2.95. The first-order valence-corrected chi connectivity index (χ1v) is 6.26. The van der Waals surface area contributed by atoms with Crippen molar-refractivity contribution >= 4 is 11.7 Å². The van der Waals surface area contributed by atoms with Crippen molar-refractivity contribution in [2.24, 2.45) is 0 Å². The van der Waals surface area contributed by atoms with Gasteiger partial charge in [0.1, 0.15) is 5.69 Å². The Morgan fingerprint density at radius 3 is 2.39 bits per heavy atom. The second-order valence-corrected chi connectivity index (χ2v) is 4.65. The fourth-order valence-electron chi connectivity index (χ4n) is 1.95. The van der Waals surface area contributed by atoms with E-state index in [1.165, 1.54) is 12.1 Å². The zero-order valence-electron chi connectivity index (χ0n) is 11.8. The van der Waals surface area contributed by atoms with E-state index < -0.39 is 29.0 Å². The number of ether oxygens (including phenoxy) is 1. The lowest BCUT2D eigenvalue weighted by atomic mass is 9.88. The van der Waals surface area contributed by atoms with Crippen LogP contribution in [0.2, 0.25) is 0 Å². The SMILES string of the molecule is COC(=O)c1cnnc(C(O)(c2ccc(N)cc2)C(F)(F)F)c1. The van der Waals surface area contributed by atoms with Gasteiger partial charge in [-0.25, -0.2) is 4.79 Å². The van der Waals surface area contributed by atoms with E-state index in [0.29, 0.717) is 0 Å². The van der Waals surface area contributed by atoms with Gasteiger partial charge < -0.3 is 15.6 Å². The summed E-state index contributed by atoms with van der Waals surface area (Å²) < 4.78 is 45.0. The standard InChI is InChI=1S/C14H12F3N3O3/c1-23-12(21)8-6-11(20-19-7-8)13(22,14(15,16)17)9-2-4-10(18)5-3-9/h2-7,22H,18H2,1H3. The molecule has 0 bridgehead atoms. The second-order valence-electron chi connectivity index (χ2n) is 4.65. The topological polar surface area (TPSA) is 98.3 Å². The number of halogens is 3. The van der Waals surface area contributed by atoms with E-state index in [4.69, 9.17) is 5.73 Å². The Kier molecular flexibility index (Phi) is 4.24. The minimum absolute atomic E-state index is 0.229. The summed E-state index contributed by atoms with van der Waals surface area (Å²) in [6, 6.07) is 5.25. The lowest BCUT2D eigenvalue weighted by molar-refractivity contribution is -0.250. The van der Waals surface area contributed by atoms with Crippen LogP contribution in [-0.2, 0) is 10.3 Å². The molecule has 0 amide bonds. The molecule has 1 atom stereocenters. The molecular formula is C14H12F3N3O3. The number of nitrogens with two attached hydrogens (primary N) is 1. The molecule has 0 saturated heterocycles. The third-order valence-electron chi connectivity index (χ3n) is 3.19. The summed E-state index contributed by atoms with van der Waals surface area (Å²) in [6.45, 7) is 0. The summed E-state index contributed by atoms with van der Waals surface area (Å²) in [5.74, 6) is -0.900. The summed E-state index contributed by atoms with van der Waals surface area (Å²) in [5.41, 5.74) is 0.609. The molecule has 0 aliphatic carbocycles. The highest BCUT2D eigenvalue weighted by atomic mass is 19.4. The number of aliphatic hydroxyl groups is 1. The van der Waals surface area contributed by atoms with Crippen LogP contribution in [0.15, 0.2) is 36.5 Å². The molecule has 6 nitrogen and oxygen atoms in total. The van der Waals surface area contributed by atoms with Crippen LogP contribution in [0.3, 0.4) is 0 Å². The maximum atomic E-state index is 13.5. The lowest BCUT2D eigenvalue weighted by Crippen LogP contribution is -2.44. The van der Waals surface area contributed by atoms with Gasteiger partial charge in [0.15, 0.2) is 0 Å². The summed E-state index contributed by atoms with van der Waals surface area (Å²) >= 11 is 0. The van der Waals surface area contributed by atoms with Crippen molar-refractivity contribution in [3.63, 3.8) is 0 Å². The number of carbonyl (C=O) groups excluding carboxylic acids is 1. The molecule has 122 valence electrons. The summed E-state index contributed by atoms with van der Waals surface area (Å²) in [7, 11) is 1.07. The van der Waals surface area contributed by atoms with E-state index in [1.54, 1.807) is 0 Å². The maximum Gasteiger partial charge on any atom is 0.427 e. The molecule has 0 spiro atoms. The van der Waals surface area contributed by atoms with Gasteiger partial charge in [0.05, 0.1) is 18.9 Å². The Labute approximate surface area is 128 Å². The number of alkyl halides is 3. The molecular weight excluding hydrogens is 315 g/mol. The van der Waals surface area contributed by atoms with E-state index in [2.05, 4.69) is 14.9 Å². The monoisotopic (exact) mass is 327 g/mol. The average Bonchev–Trinajstić information content (AvgIpc) is 2.53. The summed E-state index contributed by atoms with van der Waals surface area (Å²) in [5, 5.41) is 17.0. The van der Waals surface area contributed by atoms with Crippen LogP contribution in [0, 0.1) is 0 Å². The predicted molar refractivity (Wildman–Crippen MR) is 73.3 cm³/mol.